The van der Waals surface area contributed by atoms with Crippen LogP contribution < -0.4 is 0 Å². The Balaban J connectivity index is 2.99. The van der Waals surface area contributed by atoms with Crippen molar-refractivity contribution in [2.75, 3.05) is 6.61 Å². The van der Waals surface area contributed by atoms with E-state index in [-0.39, 0.29) is 5.41 Å². The van der Waals surface area contributed by atoms with Gasteiger partial charge in [-0.2, -0.15) is 0 Å². The normalized spacial score (nSPS) is 12.3. The van der Waals surface area contributed by atoms with E-state index < -0.39 is 12.6 Å². The van der Waals surface area contributed by atoms with Crippen molar-refractivity contribution in [3.8, 4) is 0 Å². The van der Waals surface area contributed by atoms with Crippen molar-refractivity contribution in [1.82, 2.24) is 0 Å². The minimum atomic E-state index is -1.03. The standard InChI is InChI=1S/C14H19NO3/c1-10-5-7-11(8-6-10)13(14(2,3)4)15-18-9-12(16)17/h5-8H,9H2,1-4H3,(H,16,17)/b15-13+. The molecule has 0 radical (unpaired) electrons. The summed E-state index contributed by atoms with van der Waals surface area (Å²) in [5, 5.41) is 12.5. The van der Waals surface area contributed by atoms with Crippen molar-refractivity contribution in [1.29, 1.82) is 0 Å². The van der Waals surface area contributed by atoms with Gasteiger partial charge in [0.15, 0.2) is 0 Å². The van der Waals surface area contributed by atoms with Gasteiger partial charge in [-0.25, -0.2) is 4.79 Å². The SMILES string of the molecule is Cc1ccc(/C(=N\OCC(=O)O)C(C)(C)C)cc1. The van der Waals surface area contributed by atoms with Crippen molar-refractivity contribution < 1.29 is 14.7 Å². The summed E-state index contributed by atoms with van der Waals surface area (Å²) < 4.78 is 0. The lowest BCUT2D eigenvalue weighted by Crippen LogP contribution is -2.22. The highest BCUT2D eigenvalue weighted by Crippen LogP contribution is 2.22. The fraction of sp³-hybridized carbons (Fsp3) is 0.429. The molecule has 4 nitrogen and oxygen atoms in total. The molecule has 0 aromatic heterocycles. The summed E-state index contributed by atoms with van der Waals surface area (Å²) >= 11 is 0. The monoisotopic (exact) mass is 249 g/mol. The van der Waals surface area contributed by atoms with Crippen LogP contribution in [0, 0.1) is 12.3 Å². The highest BCUT2D eigenvalue weighted by molar-refractivity contribution is 6.03. The number of nitrogens with zero attached hydrogens (tertiary/aromatic N) is 1. The largest absolute Gasteiger partial charge is 0.479 e. The van der Waals surface area contributed by atoms with Gasteiger partial charge < -0.3 is 9.94 Å². The summed E-state index contributed by atoms with van der Waals surface area (Å²) in [4.78, 5) is 15.3. The predicted molar refractivity (Wildman–Crippen MR) is 70.8 cm³/mol. The number of hydrogen-bond donors (Lipinski definition) is 1. The molecular formula is C14H19NO3. The van der Waals surface area contributed by atoms with Gasteiger partial charge in [-0.05, 0) is 12.5 Å². The van der Waals surface area contributed by atoms with Crippen LogP contribution in [0.15, 0.2) is 29.4 Å². The molecule has 0 unspecified atom stereocenters. The molecule has 0 aliphatic heterocycles. The predicted octanol–water partition coefficient (Wildman–Crippen LogP) is 2.85. The second kappa shape index (κ2) is 5.67. The van der Waals surface area contributed by atoms with Crippen LogP contribution in [0.5, 0.6) is 0 Å². The van der Waals surface area contributed by atoms with E-state index in [4.69, 9.17) is 9.94 Å². The molecule has 4 heteroatoms. The first-order chi connectivity index (χ1) is 8.30. The maximum absolute atomic E-state index is 10.4. The van der Waals surface area contributed by atoms with Crippen LogP contribution >= 0.6 is 0 Å². The number of rotatable bonds is 4. The lowest BCUT2D eigenvalue weighted by molar-refractivity contribution is -0.142. The van der Waals surface area contributed by atoms with E-state index in [1.807, 2.05) is 52.0 Å². The molecule has 0 saturated carbocycles. The third-order valence-electron chi connectivity index (χ3n) is 2.38. The molecule has 0 aliphatic rings. The van der Waals surface area contributed by atoms with E-state index >= 15 is 0 Å². The molecule has 1 rings (SSSR count). The average molecular weight is 249 g/mol. The second-order valence-corrected chi connectivity index (χ2v) is 5.22. The summed E-state index contributed by atoms with van der Waals surface area (Å²) in [5.41, 5.74) is 2.63. The zero-order valence-corrected chi connectivity index (χ0v) is 11.2. The molecule has 18 heavy (non-hydrogen) atoms. The zero-order valence-electron chi connectivity index (χ0n) is 11.2. The zero-order chi connectivity index (χ0) is 13.8. The first kappa shape index (κ1) is 14.2. The number of benzene rings is 1. The lowest BCUT2D eigenvalue weighted by Gasteiger charge is -2.21. The number of carboxylic acid groups (broad SMARTS) is 1. The highest BCUT2D eigenvalue weighted by Gasteiger charge is 2.21. The number of aliphatic carboxylic acids is 1. The number of aryl methyl sites for hydroxylation is 1. The summed E-state index contributed by atoms with van der Waals surface area (Å²) in [6, 6.07) is 7.91. The molecule has 0 saturated heterocycles. The van der Waals surface area contributed by atoms with Crippen LogP contribution in [0.2, 0.25) is 0 Å². The third-order valence-corrected chi connectivity index (χ3v) is 2.38. The molecule has 0 heterocycles. The fourth-order valence-electron chi connectivity index (χ4n) is 1.49. The topological polar surface area (TPSA) is 58.9 Å². The van der Waals surface area contributed by atoms with E-state index in [9.17, 15) is 4.79 Å². The lowest BCUT2D eigenvalue weighted by atomic mass is 9.85. The summed E-state index contributed by atoms with van der Waals surface area (Å²) in [6.45, 7) is 7.62. The molecule has 0 fully saturated rings. The Morgan fingerprint density at radius 3 is 2.28 bits per heavy atom. The van der Waals surface area contributed by atoms with Gasteiger partial charge in [0.25, 0.3) is 0 Å². The van der Waals surface area contributed by atoms with Crippen molar-refractivity contribution in [2.24, 2.45) is 10.6 Å². The molecule has 1 aromatic carbocycles. The number of oxime groups is 1. The van der Waals surface area contributed by atoms with Crippen LogP contribution in [0.4, 0.5) is 0 Å². The molecule has 98 valence electrons. The van der Waals surface area contributed by atoms with Crippen molar-refractivity contribution in [3.63, 3.8) is 0 Å². The van der Waals surface area contributed by atoms with Crippen LogP contribution in [-0.4, -0.2) is 23.4 Å². The van der Waals surface area contributed by atoms with Crippen LogP contribution in [0.3, 0.4) is 0 Å². The van der Waals surface area contributed by atoms with E-state index in [2.05, 4.69) is 5.16 Å². The first-order valence-corrected chi connectivity index (χ1v) is 5.80. The Morgan fingerprint density at radius 2 is 1.83 bits per heavy atom. The fourth-order valence-corrected chi connectivity index (χ4v) is 1.49. The van der Waals surface area contributed by atoms with Crippen LogP contribution in [0.1, 0.15) is 31.9 Å². The van der Waals surface area contributed by atoms with Gasteiger partial charge in [-0.15, -0.1) is 0 Å². The Kier molecular flexibility index (Phi) is 4.48. The van der Waals surface area contributed by atoms with Crippen molar-refractivity contribution in [2.45, 2.75) is 27.7 Å². The number of carboxylic acids is 1. The quantitative estimate of drug-likeness (QED) is 0.659. The van der Waals surface area contributed by atoms with E-state index in [0.29, 0.717) is 0 Å². The smallest absolute Gasteiger partial charge is 0.344 e. The van der Waals surface area contributed by atoms with E-state index in [1.165, 1.54) is 5.56 Å². The van der Waals surface area contributed by atoms with Gasteiger partial charge >= 0.3 is 5.97 Å². The molecular weight excluding hydrogens is 230 g/mol. The molecule has 1 aromatic rings. The van der Waals surface area contributed by atoms with Crippen molar-refractivity contribution >= 4 is 11.7 Å². The molecule has 0 atom stereocenters. The van der Waals surface area contributed by atoms with Crippen LogP contribution in [0.25, 0.3) is 0 Å². The van der Waals surface area contributed by atoms with Gasteiger partial charge in [-0.1, -0.05) is 55.8 Å². The molecule has 0 bridgehead atoms. The Bertz CT molecular complexity index is 441. The summed E-state index contributed by atoms with van der Waals surface area (Å²) in [7, 11) is 0. The average Bonchev–Trinajstić information content (AvgIpc) is 2.24. The minimum Gasteiger partial charge on any atom is -0.479 e. The van der Waals surface area contributed by atoms with Gasteiger partial charge in [0.05, 0.1) is 5.71 Å². The molecule has 0 amide bonds. The first-order valence-electron chi connectivity index (χ1n) is 5.80. The molecule has 1 N–H and O–H groups in total. The summed E-state index contributed by atoms with van der Waals surface area (Å²) in [6.07, 6.45) is 0. The summed E-state index contributed by atoms with van der Waals surface area (Å²) in [5.74, 6) is -1.03. The number of carbonyl (C=O) groups is 1. The van der Waals surface area contributed by atoms with Gasteiger partial charge in [0.2, 0.25) is 6.61 Å². The van der Waals surface area contributed by atoms with Gasteiger partial charge in [-0.3, -0.25) is 0 Å². The maximum atomic E-state index is 10.4. The Labute approximate surface area is 107 Å². The Morgan fingerprint density at radius 1 is 1.28 bits per heavy atom. The van der Waals surface area contributed by atoms with Gasteiger partial charge in [0, 0.05) is 5.41 Å². The Hall–Kier alpha value is -1.84. The number of hydrogen-bond acceptors (Lipinski definition) is 3. The van der Waals surface area contributed by atoms with Gasteiger partial charge in [0.1, 0.15) is 0 Å². The second-order valence-electron chi connectivity index (χ2n) is 5.22. The van der Waals surface area contributed by atoms with Crippen molar-refractivity contribution in [3.05, 3.63) is 35.4 Å². The highest BCUT2D eigenvalue weighted by atomic mass is 16.6. The van der Waals surface area contributed by atoms with Crippen LogP contribution in [-0.2, 0) is 9.63 Å². The maximum Gasteiger partial charge on any atom is 0.344 e. The third kappa shape index (κ3) is 4.20. The molecule has 0 aliphatic carbocycles. The molecule has 0 spiro atoms. The minimum absolute atomic E-state index is 0.215. The van der Waals surface area contributed by atoms with E-state index in [1.54, 1.807) is 0 Å². The van der Waals surface area contributed by atoms with E-state index in [0.717, 1.165) is 11.3 Å².